The molecular weight excluding hydrogens is 737 g/mol. The molecule has 0 bridgehead atoms. The summed E-state index contributed by atoms with van der Waals surface area (Å²) in [5.41, 5.74) is -0.561. The number of aryl methyl sites for hydroxylation is 1. The van der Waals surface area contributed by atoms with Crippen molar-refractivity contribution >= 4 is 55.4 Å². The lowest BCUT2D eigenvalue weighted by atomic mass is 9.80. The second kappa shape index (κ2) is 27.3. The maximum Gasteiger partial charge on any atom is 0.309 e. The first kappa shape index (κ1) is 49.6. The van der Waals surface area contributed by atoms with Crippen LogP contribution in [0.1, 0.15) is 79.8 Å². The molecule has 0 N–H and O–H groups in total. The molecule has 3 atom stereocenters. The molecule has 2 radical (unpaired) electrons. The topological polar surface area (TPSA) is 161 Å². The molecule has 3 unspecified atom stereocenters. The van der Waals surface area contributed by atoms with E-state index in [0.717, 1.165) is 12.3 Å². The summed E-state index contributed by atoms with van der Waals surface area (Å²) in [7, 11) is 9.99. The zero-order valence-corrected chi connectivity index (χ0v) is 35.6. The van der Waals surface area contributed by atoms with Gasteiger partial charge in [0.1, 0.15) is 34.3 Å². The predicted octanol–water partition coefficient (Wildman–Crippen LogP) is 3.76. The largest absolute Gasteiger partial charge is 0.462 e. The van der Waals surface area contributed by atoms with Crippen LogP contribution in [0.25, 0.3) is 0 Å². The molecule has 18 heteroatoms. The molecule has 0 amide bonds. The lowest BCUT2D eigenvalue weighted by Crippen LogP contribution is -2.34. The molecule has 0 aliphatic heterocycles. The van der Waals surface area contributed by atoms with Gasteiger partial charge in [-0.2, -0.15) is 11.8 Å². The highest BCUT2D eigenvalue weighted by Gasteiger charge is 2.23. The molecule has 0 aromatic carbocycles. The average molecular weight is 802 g/mol. The third-order valence-corrected chi connectivity index (χ3v) is 10.8. The lowest BCUT2D eigenvalue weighted by Gasteiger charge is -2.29. The van der Waals surface area contributed by atoms with Crippen molar-refractivity contribution in [1.29, 1.82) is 0 Å². The summed E-state index contributed by atoms with van der Waals surface area (Å²) in [5.74, 6) is 0.0402. The molecule has 1 rings (SSSR count). The molecule has 0 saturated carbocycles. The molecular formula is C36H64BN5O10S2. The minimum atomic E-state index is -0.880. The van der Waals surface area contributed by atoms with E-state index in [4.69, 9.17) is 36.3 Å². The van der Waals surface area contributed by atoms with Gasteiger partial charge in [0.05, 0.1) is 36.0 Å². The Balaban J connectivity index is 2.68. The molecule has 0 aliphatic carbocycles. The Bertz CT molecular complexity index is 1240. The fourth-order valence-electron chi connectivity index (χ4n) is 4.34. The maximum absolute atomic E-state index is 12.6. The Labute approximate surface area is 332 Å². The van der Waals surface area contributed by atoms with Crippen LogP contribution in [0.5, 0.6) is 0 Å². The Morgan fingerprint density at radius 2 is 1.43 bits per heavy atom. The van der Waals surface area contributed by atoms with Crippen LogP contribution >= 0.6 is 23.7 Å². The summed E-state index contributed by atoms with van der Waals surface area (Å²) in [6.45, 7) is 15.9. The van der Waals surface area contributed by atoms with Gasteiger partial charge in [0, 0.05) is 69.6 Å². The molecule has 0 fully saturated rings. The maximum atomic E-state index is 12.6. The smallest absolute Gasteiger partial charge is 0.309 e. The van der Waals surface area contributed by atoms with Crippen LogP contribution in [-0.4, -0.2) is 151 Å². The molecule has 54 heavy (non-hydrogen) atoms. The number of aromatic nitrogens is 3. The summed E-state index contributed by atoms with van der Waals surface area (Å²) < 4.78 is 36.2. The summed E-state index contributed by atoms with van der Waals surface area (Å²) in [4.78, 5) is 51.4. The first-order chi connectivity index (χ1) is 25.5. The zero-order chi connectivity index (χ0) is 40.6. The van der Waals surface area contributed by atoms with Crippen molar-refractivity contribution in [3.8, 4) is 0 Å². The van der Waals surface area contributed by atoms with Crippen molar-refractivity contribution in [2.24, 2.45) is 11.8 Å². The first-order valence-electron chi connectivity index (χ1n) is 18.7. The van der Waals surface area contributed by atoms with E-state index >= 15 is 0 Å². The number of thioether (sulfide) groups is 1. The van der Waals surface area contributed by atoms with Crippen LogP contribution in [0.3, 0.4) is 0 Å². The van der Waals surface area contributed by atoms with E-state index < -0.39 is 17.4 Å². The van der Waals surface area contributed by atoms with Crippen molar-refractivity contribution in [3.05, 3.63) is 11.9 Å². The van der Waals surface area contributed by atoms with E-state index in [1.54, 1.807) is 55.5 Å². The van der Waals surface area contributed by atoms with Gasteiger partial charge in [-0.3, -0.25) is 33.1 Å². The summed E-state index contributed by atoms with van der Waals surface area (Å²) in [6.07, 6.45) is 3.02. The number of esters is 4. The van der Waals surface area contributed by atoms with Crippen LogP contribution in [-0.2, 0) is 60.7 Å². The van der Waals surface area contributed by atoms with E-state index in [9.17, 15) is 19.2 Å². The molecule has 0 aliphatic rings. The van der Waals surface area contributed by atoms with E-state index in [-0.39, 0.29) is 81.7 Å². The van der Waals surface area contributed by atoms with Crippen molar-refractivity contribution in [2.45, 2.75) is 98.3 Å². The second-order valence-electron chi connectivity index (χ2n) is 13.9. The molecule has 15 nitrogen and oxygen atoms in total. The third-order valence-electron chi connectivity index (χ3n) is 8.31. The number of nitrogens with zero attached hydrogens (tertiary/aromatic N) is 5. The van der Waals surface area contributed by atoms with Gasteiger partial charge in [-0.15, -0.1) is 5.10 Å². The number of carbonyl (C=O) groups excluding carboxylic acids is 4. The van der Waals surface area contributed by atoms with Gasteiger partial charge in [0.15, 0.2) is 0 Å². The fraction of sp³-hybridized carbons (Fsp3) is 0.833. The highest BCUT2D eigenvalue weighted by Crippen LogP contribution is 2.18. The van der Waals surface area contributed by atoms with Crippen molar-refractivity contribution in [3.63, 3.8) is 0 Å². The van der Waals surface area contributed by atoms with Crippen LogP contribution in [0.2, 0.25) is 0 Å². The Morgan fingerprint density at radius 1 is 0.870 bits per heavy atom. The minimum Gasteiger partial charge on any atom is -0.462 e. The number of methoxy groups -OCH3 is 1. The Morgan fingerprint density at radius 3 is 1.96 bits per heavy atom. The third kappa shape index (κ3) is 23.5. The highest BCUT2D eigenvalue weighted by molar-refractivity contribution is 7.99. The second-order valence-corrected chi connectivity index (χ2v) is 16.4. The Kier molecular flexibility index (Phi) is 25.1. The number of hydrogen-bond acceptors (Lipinski definition) is 16. The van der Waals surface area contributed by atoms with E-state index in [1.807, 2.05) is 50.9 Å². The quantitative estimate of drug-likeness (QED) is 0.0351. The zero-order valence-electron chi connectivity index (χ0n) is 34.0. The molecule has 0 spiro atoms. The van der Waals surface area contributed by atoms with E-state index in [0.29, 0.717) is 49.7 Å². The number of hydrogen-bond donors (Lipinski definition) is 0. The molecule has 308 valence electrons. The standard InChI is InChI=1S/C36H64BN5O10S2/c1-10-40(8)54-27-29(4)34(46)51-23-21-49-32(44)13-17-41(16-12-31(43)48-20-22-50-33(45)28(3)26-53-11-2)24-30-25-42(39-38-30)18-14-36(7,37)52-19-15-35(5,6)47-9/h25,28-29H,10-24,26-27H2,1-9H3. The van der Waals surface area contributed by atoms with Crippen LogP contribution < -0.4 is 0 Å². The van der Waals surface area contributed by atoms with Crippen LogP contribution in [0.4, 0.5) is 0 Å². The van der Waals surface area contributed by atoms with E-state index in [1.165, 1.54) is 0 Å². The number of carbonyl (C=O) groups is 4. The van der Waals surface area contributed by atoms with Crippen molar-refractivity contribution in [1.82, 2.24) is 24.2 Å². The fourth-order valence-corrected chi connectivity index (χ4v) is 5.87. The SMILES string of the molecule is [B]C(C)(CCn1cc(CN(CCC(=O)OCCOC(=O)C(C)CSCC)CCC(=O)OCCOC(=O)C(C)CSN(C)CC)nn1)OCCC(C)(C)OC. The molecule has 1 heterocycles. The van der Waals surface area contributed by atoms with E-state index in [2.05, 4.69) is 10.3 Å². The van der Waals surface area contributed by atoms with Gasteiger partial charge in [0.2, 0.25) is 0 Å². The van der Waals surface area contributed by atoms with Gasteiger partial charge >= 0.3 is 23.9 Å². The first-order valence-corrected chi connectivity index (χ1v) is 20.8. The van der Waals surface area contributed by atoms with Crippen LogP contribution in [0, 0.1) is 11.8 Å². The summed E-state index contributed by atoms with van der Waals surface area (Å²) >= 11 is 3.22. The average Bonchev–Trinajstić information content (AvgIpc) is 3.59. The van der Waals surface area contributed by atoms with Crippen molar-refractivity contribution in [2.75, 3.05) is 84.1 Å². The monoisotopic (exact) mass is 801 g/mol. The van der Waals surface area contributed by atoms with Gasteiger partial charge in [-0.25, -0.2) is 0 Å². The highest BCUT2D eigenvalue weighted by atomic mass is 32.2. The lowest BCUT2D eigenvalue weighted by molar-refractivity contribution is -0.154. The molecule has 1 aromatic rings. The predicted molar refractivity (Wildman–Crippen MR) is 211 cm³/mol. The van der Waals surface area contributed by atoms with Crippen molar-refractivity contribution < 1.29 is 47.6 Å². The number of ether oxygens (including phenoxy) is 6. The van der Waals surface area contributed by atoms with Crippen LogP contribution in [0.15, 0.2) is 6.20 Å². The van der Waals surface area contributed by atoms with Gasteiger partial charge in [-0.1, -0.05) is 44.9 Å². The summed E-state index contributed by atoms with van der Waals surface area (Å²) in [6, 6.07) is 0. The Hall–Kier alpha value is -2.38. The normalized spacial score (nSPS) is 14.1. The number of rotatable bonds is 31. The van der Waals surface area contributed by atoms with Gasteiger partial charge in [0.25, 0.3) is 0 Å². The van der Waals surface area contributed by atoms with Gasteiger partial charge in [-0.05, 0) is 46.4 Å². The van der Waals surface area contributed by atoms with Gasteiger partial charge < -0.3 is 28.4 Å². The molecule has 0 saturated heterocycles. The summed E-state index contributed by atoms with van der Waals surface area (Å²) in [5, 5.41) is 8.51. The molecule has 1 aromatic heterocycles. The minimum absolute atomic E-state index is 0.0220.